The van der Waals surface area contributed by atoms with Crippen molar-refractivity contribution in [3.8, 4) is 11.1 Å². The van der Waals surface area contributed by atoms with Crippen molar-refractivity contribution in [2.24, 2.45) is 5.92 Å². The summed E-state index contributed by atoms with van der Waals surface area (Å²) in [5.41, 5.74) is 9.68. The summed E-state index contributed by atoms with van der Waals surface area (Å²) in [7, 11) is -3.91. The van der Waals surface area contributed by atoms with E-state index < -0.39 is 16.1 Å². The number of likely N-dealkylation sites (tertiary alicyclic amines) is 1. The Morgan fingerprint density at radius 3 is 2.74 bits per heavy atom. The topological polar surface area (TPSA) is 135 Å². The van der Waals surface area contributed by atoms with Gasteiger partial charge in [0.15, 0.2) is 0 Å². The van der Waals surface area contributed by atoms with Crippen LogP contribution in [-0.2, 0) is 21.5 Å². The van der Waals surface area contributed by atoms with Gasteiger partial charge < -0.3 is 15.2 Å². The highest BCUT2D eigenvalue weighted by molar-refractivity contribution is 7.88. The molecule has 4 N–H and O–H groups in total. The molecule has 5 rings (SSSR count). The molecule has 1 aliphatic heterocycles. The third-order valence-corrected chi connectivity index (χ3v) is 7.77. The largest absolute Gasteiger partial charge is 0.383 e. The zero-order chi connectivity index (χ0) is 23.9. The Labute approximate surface area is 198 Å². The van der Waals surface area contributed by atoms with Gasteiger partial charge in [-0.15, -0.1) is 0 Å². The maximum Gasteiger partial charge on any atom is 0.301 e. The van der Waals surface area contributed by atoms with Gasteiger partial charge in [-0.2, -0.15) is 13.1 Å². The summed E-state index contributed by atoms with van der Waals surface area (Å²) in [6.45, 7) is 4.81. The van der Waals surface area contributed by atoms with Crippen LogP contribution < -0.4 is 15.2 Å². The first-order valence-electron chi connectivity index (χ1n) is 11.5. The Morgan fingerprint density at radius 2 is 2.03 bits per heavy atom. The van der Waals surface area contributed by atoms with E-state index in [9.17, 15) is 13.2 Å². The van der Waals surface area contributed by atoms with Crippen molar-refractivity contribution in [2.75, 3.05) is 25.4 Å². The Morgan fingerprint density at radius 1 is 1.24 bits per heavy atom. The number of nitrogens with one attached hydrogen (secondary N) is 2. The SMILES string of the molecule is CC(=O)NS(=O)(=O)NCc1cccc(-c2cn(C3CC(CN4CCC4)C3)c3ncnc(N)c23)c1. The fourth-order valence-electron chi connectivity index (χ4n) is 4.86. The molecule has 2 fully saturated rings. The molecule has 1 amide bonds. The molecule has 3 aromatic rings. The lowest BCUT2D eigenvalue weighted by Crippen LogP contribution is -2.43. The molecule has 0 radical (unpaired) electrons. The predicted octanol–water partition coefficient (Wildman–Crippen LogP) is 1.81. The number of aromatic nitrogens is 3. The van der Waals surface area contributed by atoms with Gasteiger partial charge in [0, 0.05) is 37.8 Å². The first-order chi connectivity index (χ1) is 16.3. The number of hydrogen-bond donors (Lipinski definition) is 3. The summed E-state index contributed by atoms with van der Waals surface area (Å²) in [6, 6.07) is 7.95. The van der Waals surface area contributed by atoms with Crippen molar-refractivity contribution in [1.82, 2.24) is 28.9 Å². The van der Waals surface area contributed by atoms with Crippen molar-refractivity contribution < 1.29 is 13.2 Å². The maximum atomic E-state index is 11.9. The fourth-order valence-corrected chi connectivity index (χ4v) is 5.67. The Bertz CT molecular complexity index is 1330. The van der Waals surface area contributed by atoms with Gasteiger partial charge in [-0.3, -0.25) is 4.79 Å². The molecule has 3 heterocycles. The average molecular weight is 484 g/mol. The van der Waals surface area contributed by atoms with Crippen molar-refractivity contribution in [2.45, 2.75) is 38.8 Å². The molecule has 0 bridgehead atoms. The van der Waals surface area contributed by atoms with Gasteiger partial charge in [-0.1, -0.05) is 18.2 Å². The molecule has 34 heavy (non-hydrogen) atoms. The number of amides is 1. The lowest BCUT2D eigenvalue weighted by molar-refractivity contribution is -0.117. The van der Waals surface area contributed by atoms with E-state index in [2.05, 4.69) is 30.4 Å². The van der Waals surface area contributed by atoms with E-state index in [1.165, 1.54) is 32.4 Å². The quantitative estimate of drug-likeness (QED) is 0.445. The van der Waals surface area contributed by atoms with Crippen LogP contribution >= 0.6 is 0 Å². The summed E-state index contributed by atoms with van der Waals surface area (Å²) in [4.78, 5) is 22.4. The number of nitrogens with two attached hydrogens (primary N) is 1. The van der Waals surface area contributed by atoms with Crippen molar-refractivity contribution in [3.63, 3.8) is 0 Å². The van der Waals surface area contributed by atoms with E-state index in [0.29, 0.717) is 17.8 Å². The maximum absolute atomic E-state index is 11.9. The number of anilines is 1. The zero-order valence-corrected chi connectivity index (χ0v) is 19.9. The molecular weight excluding hydrogens is 454 g/mol. The summed E-state index contributed by atoms with van der Waals surface area (Å²) in [5.74, 6) is 0.491. The molecule has 0 unspecified atom stereocenters. The van der Waals surface area contributed by atoms with Gasteiger partial charge in [-0.25, -0.2) is 14.7 Å². The smallest absolute Gasteiger partial charge is 0.301 e. The monoisotopic (exact) mass is 483 g/mol. The van der Waals surface area contributed by atoms with Gasteiger partial charge in [0.05, 0.1) is 5.39 Å². The predicted molar refractivity (Wildman–Crippen MR) is 130 cm³/mol. The van der Waals surface area contributed by atoms with Gasteiger partial charge in [0.25, 0.3) is 0 Å². The number of hydrogen-bond acceptors (Lipinski definition) is 7. The third-order valence-electron chi connectivity index (χ3n) is 6.69. The number of fused-ring (bicyclic) bond motifs is 1. The number of carbonyl (C=O) groups is 1. The van der Waals surface area contributed by atoms with Crippen LogP contribution in [-0.4, -0.2) is 53.4 Å². The summed E-state index contributed by atoms with van der Waals surface area (Å²) in [6.07, 6.45) is 7.15. The lowest BCUT2D eigenvalue weighted by Gasteiger charge is -2.42. The molecule has 1 aliphatic carbocycles. The number of benzene rings is 1. The van der Waals surface area contributed by atoms with E-state index in [0.717, 1.165) is 47.5 Å². The van der Waals surface area contributed by atoms with Gasteiger partial charge in [-0.05, 0) is 55.5 Å². The normalized spacial score (nSPS) is 20.6. The first-order valence-corrected chi connectivity index (χ1v) is 13.0. The molecule has 180 valence electrons. The first kappa shape index (κ1) is 22.8. The summed E-state index contributed by atoms with van der Waals surface area (Å²) in [5, 5.41) is 0.810. The molecule has 10 nitrogen and oxygen atoms in total. The van der Waals surface area contributed by atoms with Crippen LogP contribution in [0.2, 0.25) is 0 Å². The molecule has 0 spiro atoms. The highest BCUT2D eigenvalue weighted by Crippen LogP contribution is 2.43. The van der Waals surface area contributed by atoms with Crippen LogP contribution in [0.25, 0.3) is 22.2 Å². The Balaban J connectivity index is 1.39. The van der Waals surface area contributed by atoms with Gasteiger partial charge in [0.2, 0.25) is 5.91 Å². The van der Waals surface area contributed by atoms with Gasteiger partial charge in [0.1, 0.15) is 17.8 Å². The standard InChI is InChI=1S/C23H29N7O3S/c1-15(31)28-34(32,33)27-11-16-4-2-5-18(8-16)20-13-30(23-21(20)22(24)25-14-26-23)19-9-17(10-19)12-29-6-3-7-29/h2,4-5,8,13-14,17,19,27H,3,6-7,9-12H2,1H3,(H,28,31)(H2,24,25,26). The Kier molecular flexibility index (Phi) is 6.00. The minimum Gasteiger partial charge on any atom is -0.383 e. The van der Waals surface area contributed by atoms with E-state index in [1.807, 2.05) is 29.0 Å². The summed E-state index contributed by atoms with van der Waals surface area (Å²) < 4.78 is 30.4. The van der Waals surface area contributed by atoms with Crippen molar-refractivity contribution >= 4 is 33.0 Å². The van der Waals surface area contributed by atoms with Crippen LogP contribution in [0, 0.1) is 5.92 Å². The van der Waals surface area contributed by atoms with E-state index in [1.54, 1.807) is 0 Å². The second-order valence-corrected chi connectivity index (χ2v) is 10.7. The zero-order valence-electron chi connectivity index (χ0n) is 19.1. The Hall–Kier alpha value is -3.02. The van der Waals surface area contributed by atoms with Gasteiger partial charge >= 0.3 is 10.2 Å². The summed E-state index contributed by atoms with van der Waals surface area (Å²) >= 11 is 0. The van der Waals surface area contributed by atoms with Crippen LogP contribution in [0.15, 0.2) is 36.8 Å². The molecule has 2 aromatic heterocycles. The minimum absolute atomic E-state index is 0.0435. The number of rotatable bonds is 8. The molecule has 11 heteroatoms. The number of carbonyl (C=O) groups excluding carboxylic acids is 1. The van der Waals surface area contributed by atoms with Crippen molar-refractivity contribution in [3.05, 3.63) is 42.4 Å². The fraction of sp³-hybridized carbons (Fsp3) is 0.435. The second kappa shape index (κ2) is 8.97. The highest BCUT2D eigenvalue weighted by atomic mass is 32.2. The van der Waals surface area contributed by atoms with Crippen molar-refractivity contribution in [1.29, 1.82) is 0 Å². The van der Waals surface area contributed by atoms with E-state index >= 15 is 0 Å². The van der Waals surface area contributed by atoms with E-state index in [-0.39, 0.29) is 6.54 Å². The molecular formula is C23H29N7O3S. The van der Waals surface area contributed by atoms with Crippen LogP contribution in [0.4, 0.5) is 5.82 Å². The second-order valence-electron chi connectivity index (χ2n) is 9.24. The van der Waals surface area contributed by atoms with Crippen LogP contribution in [0.1, 0.15) is 37.8 Å². The minimum atomic E-state index is -3.91. The molecule has 1 saturated carbocycles. The van der Waals surface area contributed by atoms with Crippen LogP contribution in [0.3, 0.4) is 0 Å². The molecule has 1 saturated heterocycles. The molecule has 0 atom stereocenters. The van der Waals surface area contributed by atoms with E-state index in [4.69, 9.17) is 5.73 Å². The molecule has 1 aromatic carbocycles. The number of nitrogens with zero attached hydrogens (tertiary/aromatic N) is 4. The number of nitrogen functional groups attached to an aromatic ring is 1. The lowest BCUT2D eigenvalue weighted by atomic mass is 9.79. The highest BCUT2D eigenvalue weighted by Gasteiger charge is 2.34. The third kappa shape index (κ3) is 4.63. The molecule has 2 aliphatic rings. The average Bonchev–Trinajstić information content (AvgIpc) is 3.10. The van der Waals surface area contributed by atoms with Crippen LogP contribution in [0.5, 0.6) is 0 Å².